The minimum Gasteiger partial charge on any atom is -0.497 e. The van der Waals surface area contributed by atoms with Crippen molar-refractivity contribution < 1.29 is 18.9 Å². The summed E-state index contributed by atoms with van der Waals surface area (Å²) in [6.07, 6.45) is 4.97. The fraction of sp³-hybridized carbons (Fsp3) is 0.458. The first kappa shape index (κ1) is 25.9. The molecule has 32 heavy (non-hydrogen) atoms. The topological polar surface area (TPSA) is 73.3 Å². The minimum absolute atomic E-state index is 0. The van der Waals surface area contributed by atoms with Crippen LogP contribution in [0, 0.1) is 0 Å². The van der Waals surface area contributed by atoms with Crippen molar-refractivity contribution in [2.45, 2.75) is 44.9 Å². The zero-order chi connectivity index (χ0) is 22.1. The van der Waals surface area contributed by atoms with Crippen molar-refractivity contribution in [3.63, 3.8) is 0 Å². The number of hydrogen-bond donors (Lipinski definition) is 2. The molecule has 7 nitrogen and oxygen atoms in total. The Morgan fingerprint density at radius 2 is 1.59 bits per heavy atom. The summed E-state index contributed by atoms with van der Waals surface area (Å²) in [5.41, 5.74) is 2.14. The maximum atomic E-state index is 6.29. The van der Waals surface area contributed by atoms with Gasteiger partial charge in [-0.1, -0.05) is 6.07 Å². The molecule has 0 heterocycles. The van der Waals surface area contributed by atoms with Gasteiger partial charge >= 0.3 is 0 Å². The van der Waals surface area contributed by atoms with Crippen LogP contribution in [-0.2, 0) is 13.1 Å². The van der Waals surface area contributed by atoms with Crippen molar-refractivity contribution in [2.75, 3.05) is 28.4 Å². The molecule has 0 unspecified atom stereocenters. The zero-order valence-electron chi connectivity index (χ0n) is 19.3. The molecular formula is C24H34IN3O4. The Morgan fingerprint density at radius 3 is 2.25 bits per heavy atom. The molecular weight excluding hydrogens is 521 g/mol. The Kier molecular flexibility index (Phi) is 10.7. The van der Waals surface area contributed by atoms with Crippen LogP contribution in [0.1, 0.15) is 36.8 Å². The molecule has 3 rings (SSSR count). The summed E-state index contributed by atoms with van der Waals surface area (Å²) in [6, 6.07) is 11.8. The molecule has 176 valence electrons. The molecule has 8 heteroatoms. The van der Waals surface area contributed by atoms with Crippen LogP contribution < -0.4 is 29.6 Å². The van der Waals surface area contributed by atoms with E-state index in [2.05, 4.69) is 15.6 Å². The monoisotopic (exact) mass is 555 g/mol. The summed E-state index contributed by atoms with van der Waals surface area (Å²) in [5, 5.41) is 6.71. The second-order valence-corrected chi connectivity index (χ2v) is 7.47. The Morgan fingerprint density at radius 1 is 0.875 bits per heavy atom. The second-order valence-electron chi connectivity index (χ2n) is 7.47. The van der Waals surface area contributed by atoms with E-state index in [4.69, 9.17) is 18.9 Å². The van der Waals surface area contributed by atoms with Crippen molar-refractivity contribution in [2.24, 2.45) is 4.99 Å². The van der Waals surface area contributed by atoms with Crippen molar-refractivity contribution in [1.29, 1.82) is 0 Å². The number of hydrogen-bond acceptors (Lipinski definition) is 5. The summed E-state index contributed by atoms with van der Waals surface area (Å²) in [5.74, 6) is 3.79. The lowest BCUT2D eigenvalue weighted by molar-refractivity contribution is 0.207. The predicted octanol–water partition coefficient (Wildman–Crippen LogP) is 4.52. The Balaban J connectivity index is 0.00000363. The number of nitrogens with one attached hydrogen (secondary N) is 2. The van der Waals surface area contributed by atoms with E-state index >= 15 is 0 Å². The molecule has 2 aromatic carbocycles. The van der Waals surface area contributed by atoms with Crippen molar-refractivity contribution >= 4 is 29.9 Å². The molecule has 0 spiro atoms. The van der Waals surface area contributed by atoms with Gasteiger partial charge in [0.05, 0.1) is 27.4 Å². The lowest BCUT2D eigenvalue weighted by atomic mass is 10.1. The van der Waals surface area contributed by atoms with E-state index < -0.39 is 0 Å². The third-order valence-electron chi connectivity index (χ3n) is 5.45. The molecule has 2 aromatic rings. The zero-order valence-corrected chi connectivity index (χ0v) is 21.6. The lowest BCUT2D eigenvalue weighted by Gasteiger charge is -2.19. The first-order valence-electron chi connectivity index (χ1n) is 10.7. The summed E-state index contributed by atoms with van der Waals surface area (Å²) in [7, 11) is 6.70. The molecule has 2 N–H and O–H groups in total. The van der Waals surface area contributed by atoms with Gasteiger partial charge < -0.3 is 29.6 Å². The van der Waals surface area contributed by atoms with Gasteiger partial charge in [0.15, 0.2) is 17.5 Å². The number of methoxy groups -OCH3 is 3. The molecule has 0 saturated heterocycles. The maximum absolute atomic E-state index is 6.29. The number of halogens is 1. The SMILES string of the molecule is CN=C(NCc1ccc(OC)c(OC)c1)NCc1ccc(OC)cc1OC1CCCC1.I. The first-order chi connectivity index (χ1) is 15.2. The fourth-order valence-electron chi connectivity index (χ4n) is 3.68. The average Bonchev–Trinajstić information content (AvgIpc) is 3.32. The number of nitrogens with zero attached hydrogens (tertiary/aromatic N) is 1. The molecule has 0 atom stereocenters. The highest BCUT2D eigenvalue weighted by Gasteiger charge is 2.18. The first-order valence-corrected chi connectivity index (χ1v) is 10.7. The molecule has 1 fully saturated rings. The third kappa shape index (κ3) is 7.08. The fourth-order valence-corrected chi connectivity index (χ4v) is 3.68. The van der Waals surface area contributed by atoms with Crippen LogP contribution in [-0.4, -0.2) is 40.4 Å². The molecule has 0 amide bonds. The molecule has 0 bridgehead atoms. The van der Waals surface area contributed by atoms with Gasteiger partial charge in [-0.25, -0.2) is 0 Å². The molecule has 1 saturated carbocycles. The molecule has 0 radical (unpaired) electrons. The lowest BCUT2D eigenvalue weighted by Crippen LogP contribution is -2.36. The highest BCUT2D eigenvalue weighted by molar-refractivity contribution is 14.0. The summed E-state index contributed by atoms with van der Waals surface area (Å²) < 4.78 is 22.4. The van der Waals surface area contributed by atoms with Gasteiger partial charge in [-0.15, -0.1) is 24.0 Å². The number of benzene rings is 2. The van der Waals surface area contributed by atoms with Crippen LogP contribution in [0.25, 0.3) is 0 Å². The number of rotatable bonds is 9. The average molecular weight is 555 g/mol. The van der Waals surface area contributed by atoms with Crippen LogP contribution in [0.4, 0.5) is 0 Å². The van der Waals surface area contributed by atoms with Gasteiger partial charge in [-0.3, -0.25) is 4.99 Å². The molecule has 0 aliphatic heterocycles. The van der Waals surface area contributed by atoms with Crippen LogP contribution in [0.3, 0.4) is 0 Å². The smallest absolute Gasteiger partial charge is 0.191 e. The molecule has 1 aliphatic rings. The molecule has 0 aromatic heterocycles. The minimum atomic E-state index is 0. The maximum Gasteiger partial charge on any atom is 0.191 e. The Bertz CT molecular complexity index is 886. The Labute approximate surface area is 207 Å². The van der Waals surface area contributed by atoms with Crippen LogP contribution in [0.15, 0.2) is 41.4 Å². The van der Waals surface area contributed by atoms with Gasteiger partial charge in [-0.05, 0) is 55.5 Å². The predicted molar refractivity (Wildman–Crippen MR) is 138 cm³/mol. The second kappa shape index (κ2) is 13.2. The van der Waals surface area contributed by atoms with Gasteiger partial charge in [0.1, 0.15) is 11.5 Å². The van der Waals surface area contributed by atoms with E-state index in [0.29, 0.717) is 30.5 Å². The quantitative estimate of drug-likeness (QED) is 0.270. The number of ether oxygens (including phenoxy) is 4. The highest BCUT2D eigenvalue weighted by atomic mass is 127. The summed E-state index contributed by atoms with van der Waals surface area (Å²) >= 11 is 0. The van der Waals surface area contributed by atoms with E-state index in [1.807, 2.05) is 36.4 Å². The molecule has 1 aliphatic carbocycles. The van der Waals surface area contributed by atoms with Crippen LogP contribution in [0.5, 0.6) is 23.0 Å². The standard InChI is InChI=1S/C24H33N3O4.HI/c1-25-24(26-15-17-9-12-21(29-3)23(13-17)30-4)27-16-18-10-11-20(28-2)14-22(18)31-19-7-5-6-8-19;/h9-14,19H,5-8,15-16H2,1-4H3,(H2,25,26,27);1H. The summed E-state index contributed by atoms with van der Waals surface area (Å²) in [4.78, 5) is 4.33. The Hall–Kier alpha value is -2.36. The number of aliphatic imine (C=N–C) groups is 1. The van der Waals surface area contributed by atoms with E-state index in [1.54, 1.807) is 28.4 Å². The van der Waals surface area contributed by atoms with Gasteiger partial charge in [0.2, 0.25) is 0 Å². The van der Waals surface area contributed by atoms with Crippen LogP contribution in [0.2, 0.25) is 0 Å². The van der Waals surface area contributed by atoms with E-state index in [-0.39, 0.29) is 30.1 Å². The van der Waals surface area contributed by atoms with Crippen molar-refractivity contribution in [3.8, 4) is 23.0 Å². The van der Waals surface area contributed by atoms with Gasteiger partial charge in [-0.2, -0.15) is 0 Å². The normalized spacial score (nSPS) is 13.8. The largest absolute Gasteiger partial charge is 0.497 e. The van der Waals surface area contributed by atoms with Crippen molar-refractivity contribution in [1.82, 2.24) is 10.6 Å². The van der Waals surface area contributed by atoms with E-state index in [1.165, 1.54) is 12.8 Å². The van der Waals surface area contributed by atoms with Gasteiger partial charge in [0, 0.05) is 31.8 Å². The van der Waals surface area contributed by atoms with Gasteiger partial charge in [0.25, 0.3) is 0 Å². The van der Waals surface area contributed by atoms with E-state index in [0.717, 1.165) is 35.5 Å². The van der Waals surface area contributed by atoms with Crippen molar-refractivity contribution in [3.05, 3.63) is 47.5 Å². The van der Waals surface area contributed by atoms with E-state index in [9.17, 15) is 0 Å². The highest BCUT2D eigenvalue weighted by Crippen LogP contribution is 2.30. The number of guanidine groups is 1. The third-order valence-corrected chi connectivity index (χ3v) is 5.45. The van der Waals surface area contributed by atoms with Crippen LogP contribution >= 0.6 is 24.0 Å². The summed E-state index contributed by atoms with van der Waals surface area (Å²) in [6.45, 7) is 1.20.